The van der Waals surface area contributed by atoms with Crippen LogP contribution in [0.15, 0.2) is 0 Å². The molecule has 0 amide bonds. The van der Waals surface area contributed by atoms with Crippen LogP contribution in [0.1, 0.15) is 12.8 Å². The summed E-state index contributed by atoms with van der Waals surface area (Å²) in [5.41, 5.74) is 5.34. The molecule has 0 aromatic heterocycles. The van der Waals surface area contributed by atoms with Crippen LogP contribution in [0.3, 0.4) is 0 Å². The third kappa shape index (κ3) is 7.11. The Hall–Kier alpha value is -1.59. The molecule has 0 heterocycles. The van der Waals surface area contributed by atoms with E-state index in [1.165, 1.54) is 0 Å². The van der Waals surface area contributed by atoms with Gasteiger partial charge in [0.1, 0.15) is 37.6 Å². The third-order valence-corrected chi connectivity index (χ3v) is 2.57. The number of carbonyl (C=O) groups is 3. The fourth-order valence-corrected chi connectivity index (χ4v) is 1.26. The summed E-state index contributed by atoms with van der Waals surface area (Å²) in [7, 11) is 0. The monoisotopic (exact) mass is 309 g/mol. The van der Waals surface area contributed by atoms with Crippen LogP contribution < -0.4 is 5.73 Å². The number of esters is 1. The van der Waals surface area contributed by atoms with Gasteiger partial charge in [0.25, 0.3) is 0 Å². The number of aliphatic hydroxyl groups is 4. The number of aliphatic hydroxyl groups excluding tert-OH is 4. The van der Waals surface area contributed by atoms with Gasteiger partial charge >= 0.3 is 11.9 Å². The first-order chi connectivity index (χ1) is 9.70. The molecule has 10 heteroatoms. The van der Waals surface area contributed by atoms with Crippen molar-refractivity contribution in [3.05, 3.63) is 0 Å². The standard InChI is InChI=1S/C11H19NO9/c12-5(1-2-8(16)17)11(20)21-4-7(15)10(19)9(18)6(14)3-13/h5,7,9-10,13,15,18-19H,1-4,12H2,(H,16,17)/t5-,7+,9+,10+/m0/s1. The van der Waals surface area contributed by atoms with Gasteiger partial charge in [-0.1, -0.05) is 0 Å². The van der Waals surface area contributed by atoms with Crippen molar-refractivity contribution in [2.75, 3.05) is 13.2 Å². The summed E-state index contributed by atoms with van der Waals surface area (Å²) in [6, 6.07) is -1.21. The fourth-order valence-electron chi connectivity index (χ4n) is 1.26. The zero-order valence-electron chi connectivity index (χ0n) is 11.1. The Bertz CT molecular complexity index is 373. The molecule has 10 nitrogen and oxygen atoms in total. The van der Waals surface area contributed by atoms with Crippen LogP contribution >= 0.6 is 0 Å². The average Bonchev–Trinajstić information content (AvgIpc) is 2.46. The van der Waals surface area contributed by atoms with Crippen molar-refractivity contribution in [3.63, 3.8) is 0 Å². The first kappa shape index (κ1) is 19.4. The predicted octanol–water partition coefficient (Wildman–Crippen LogP) is -3.63. The van der Waals surface area contributed by atoms with Crippen molar-refractivity contribution >= 4 is 17.7 Å². The SMILES string of the molecule is N[C@@H](CCC(=O)O)C(=O)OC[C@@H](O)[C@@H](O)[C@H](O)C(=O)CO. The van der Waals surface area contributed by atoms with E-state index < -0.39 is 55.3 Å². The van der Waals surface area contributed by atoms with E-state index in [0.29, 0.717) is 0 Å². The van der Waals surface area contributed by atoms with Gasteiger partial charge in [-0.2, -0.15) is 0 Å². The fraction of sp³-hybridized carbons (Fsp3) is 0.727. The number of carbonyl (C=O) groups excluding carboxylic acids is 2. The summed E-state index contributed by atoms with van der Waals surface area (Å²) < 4.78 is 4.53. The number of Topliss-reactive ketones (excluding diaryl/α,β-unsaturated/α-hetero) is 1. The lowest BCUT2D eigenvalue weighted by Crippen LogP contribution is -2.46. The number of carboxylic acid groups (broad SMARTS) is 1. The summed E-state index contributed by atoms with van der Waals surface area (Å²) in [5, 5.41) is 44.9. The minimum absolute atomic E-state index is 0.168. The maximum atomic E-state index is 11.3. The van der Waals surface area contributed by atoms with Crippen LogP contribution in [-0.2, 0) is 19.1 Å². The van der Waals surface area contributed by atoms with E-state index in [-0.39, 0.29) is 12.8 Å². The molecule has 0 aliphatic carbocycles. The summed E-state index contributed by atoms with van der Waals surface area (Å²) in [4.78, 5) is 32.5. The summed E-state index contributed by atoms with van der Waals surface area (Å²) in [6.07, 6.45) is -6.26. The molecule has 7 N–H and O–H groups in total. The highest BCUT2D eigenvalue weighted by atomic mass is 16.5. The van der Waals surface area contributed by atoms with Crippen LogP contribution in [0.5, 0.6) is 0 Å². The first-order valence-corrected chi connectivity index (χ1v) is 6.02. The number of hydrogen-bond acceptors (Lipinski definition) is 9. The molecule has 0 aromatic rings. The van der Waals surface area contributed by atoms with Crippen LogP contribution in [-0.4, -0.2) is 80.8 Å². The third-order valence-electron chi connectivity index (χ3n) is 2.57. The average molecular weight is 309 g/mol. The van der Waals surface area contributed by atoms with Crippen molar-refractivity contribution in [2.45, 2.75) is 37.2 Å². The number of carboxylic acids is 1. The number of rotatable bonds is 10. The van der Waals surface area contributed by atoms with Gasteiger partial charge < -0.3 is 36.0 Å². The van der Waals surface area contributed by atoms with Gasteiger partial charge in [0.05, 0.1) is 0 Å². The van der Waals surface area contributed by atoms with Crippen molar-refractivity contribution in [3.8, 4) is 0 Å². The van der Waals surface area contributed by atoms with Gasteiger partial charge in [-0.05, 0) is 6.42 Å². The molecule has 0 saturated carbocycles. The summed E-state index contributed by atoms with van der Waals surface area (Å²) in [5.74, 6) is -3.24. The van der Waals surface area contributed by atoms with Crippen LogP contribution in [0, 0.1) is 0 Å². The molecular weight excluding hydrogens is 290 g/mol. The second-order valence-electron chi connectivity index (χ2n) is 4.30. The molecule has 0 radical (unpaired) electrons. The zero-order chi connectivity index (χ0) is 16.6. The van der Waals surface area contributed by atoms with E-state index in [0.717, 1.165) is 0 Å². The lowest BCUT2D eigenvalue weighted by molar-refractivity contribution is -0.156. The molecule has 122 valence electrons. The Balaban J connectivity index is 4.22. The molecule has 0 bridgehead atoms. The Morgan fingerprint density at radius 3 is 2.19 bits per heavy atom. The Kier molecular flexibility index (Phi) is 8.66. The van der Waals surface area contributed by atoms with Crippen LogP contribution in [0.4, 0.5) is 0 Å². The van der Waals surface area contributed by atoms with Gasteiger partial charge in [0.15, 0.2) is 5.78 Å². The molecule has 0 unspecified atom stereocenters. The van der Waals surface area contributed by atoms with Crippen LogP contribution in [0.25, 0.3) is 0 Å². The van der Waals surface area contributed by atoms with Crippen molar-refractivity contribution < 1.29 is 44.7 Å². The Labute approximate surface area is 119 Å². The molecular formula is C11H19NO9. The van der Waals surface area contributed by atoms with E-state index >= 15 is 0 Å². The van der Waals surface area contributed by atoms with Crippen LogP contribution in [0.2, 0.25) is 0 Å². The van der Waals surface area contributed by atoms with E-state index in [1.807, 2.05) is 0 Å². The van der Waals surface area contributed by atoms with E-state index in [9.17, 15) is 29.7 Å². The smallest absolute Gasteiger partial charge is 0.323 e. The molecule has 0 fully saturated rings. The zero-order valence-corrected chi connectivity index (χ0v) is 11.1. The summed E-state index contributed by atoms with van der Waals surface area (Å²) >= 11 is 0. The molecule has 0 saturated heterocycles. The molecule has 0 rings (SSSR count). The number of ether oxygens (including phenoxy) is 1. The van der Waals surface area contributed by atoms with Crippen molar-refractivity contribution in [1.82, 2.24) is 0 Å². The number of nitrogens with two attached hydrogens (primary N) is 1. The first-order valence-electron chi connectivity index (χ1n) is 6.02. The van der Waals surface area contributed by atoms with Gasteiger partial charge in [-0.15, -0.1) is 0 Å². The predicted molar refractivity (Wildman–Crippen MR) is 65.9 cm³/mol. The van der Waals surface area contributed by atoms with Gasteiger partial charge in [0.2, 0.25) is 0 Å². The molecule has 4 atom stereocenters. The maximum Gasteiger partial charge on any atom is 0.323 e. The highest BCUT2D eigenvalue weighted by Gasteiger charge is 2.30. The minimum atomic E-state index is -2.02. The Morgan fingerprint density at radius 2 is 1.71 bits per heavy atom. The Morgan fingerprint density at radius 1 is 1.14 bits per heavy atom. The van der Waals surface area contributed by atoms with Gasteiger partial charge in [-0.3, -0.25) is 14.4 Å². The molecule has 0 aromatic carbocycles. The second kappa shape index (κ2) is 9.37. The molecule has 0 aliphatic heterocycles. The number of aliphatic carboxylic acids is 1. The van der Waals surface area contributed by atoms with Crippen molar-refractivity contribution in [1.29, 1.82) is 0 Å². The van der Waals surface area contributed by atoms with Gasteiger partial charge in [0, 0.05) is 6.42 Å². The minimum Gasteiger partial charge on any atom is -0.481 e. The maximum absolute atomic E-state index is 11.3. The van der Waals surface area contributed by atoms with E-state index in [4.69, 9.17) is 15.9 Å². The molecule has 0 spiro atoms. The topological polar surface area (TPSA) is 188 Å². The van der Waals surface area contributed by atoms with Crippen molar-refractivity contribution in [2.24, 2.45) is 5.73 Å². The molecule has 0 aliphatic rings. The lowest BCUT2D eigenvalue weighted by Gasteiger charge is -2.21. The lowest BCUT2D eigenvalue weighted by atomic mass is 10.1. The normalized spacial score (nSPS) is 16.6. The van der Waals surface area contributed by atoms with Gasteiger partial charge in [-0.25, -0.2) is 0 Å². The number of ketones is 1. The largest absolute Gasteiger partial charge is 0.481 e. The number of hydrogen-bond donors (Lipinski definition) is 6. The van der Waals surface area contributed by atoms with E-state index in [1.54, 1.807) is 0 Å². The highest BCUT2D eigenvalue weighted by molar-refractivity contribution is 5.84. The highest BCUT2D eigenvalue weighted by Crippen LogP contribution is 2.04. The quantitative estimate of drug-likeness (QED) is 0.220. The van der Waals surface area contributed by atoms with E-state index in [2.05, 4.69) is 4.74 Å². The second-order valence-corrected chi connectivity index (χ2v) is 4.30. The summed E-state index contributed by atoms with van der Waals surface area (Å²) in [6.45, 7) is -1.78. The molecule has 21 heavy (non-hydrogen) atoms.